The molecule has 56 heavy (non-hydrogen) atoms. The van der Waals surface area contributed by atoms with E-state index in [4.69, 9.17) is 27.4 Å². The SMILES string of the molecule is Cc1cc(Nc2nc(N[C@H](CCCO)C(C)C)c(F)cc2C(N)=O)cnc1C.Cc1cc(Nc2nc(N[C@H](CCCO)[C@H](C)N)c(F)cc2C(N)=O)cnc1C. The number of nitrogens with zero attached hydrogens (tertiary/aromatic N) is 4. The van der Waals surface area contributed by atoms with Crippen molar-refractivity contribution in [2.24, 2.45) is 23.1 Å². The van der Waals surface area contributed by atoms with Gasteiger partial charge in [-0.3, -0.25) is 19.6 Å². The number of carbonyl (C=O) groups is 2. The maximum Gasteiger partial charge on any atom is 0.252 e. The van der Waals surface area contributed by atoms with E-state index >= 15 is 0 Å². The van der Waals surface area contributed by atoms with Crippen LogP contribution in [0.3, 0.4) is 0 Å². The summed E-state index contributed by atoms with van der Waals surface area (Å²) < 4.78 is 29.1. The number of aromatic nitrogens is 4. The number of anilines is 6. The number of rotatable bonds is 18. The number of carbonyl (C=O) groups excluding carboxylic acids is 2. The molecule has 4 aromatic rings. The van der Waals surface area contributed by atoms with Gasteiger partial charge < -0.3 is 48.7 Å². The average Bonchev–Trinajstić information content (AvgIpc) is 3.13. The summed E-state index contributed by atoms with van der Waals surface area (Å²) in [6.07, 6.45) is 5.52. The summed E-state index contributed by atoms with van der Waals surface area (Å²) in [5.74, 6) is -2.51. The Kier molecular flexibility index (Phi) is 16.8. The molecular weight excluding hydrogens is 724 g/mol. The Balaban J connectivity index is 0.000000300. The first-order valence-electron chi connectivity index (χ1n) is 18.4. The van der Waals surface area contributed by atoms with Crippen LogP contribution in [0.1, 0.15) is 89.7 Å². The van der Waals surface area contributed by atoms with E-state index in [2.05, 4.69) is 41.2 Å². The first-order valence-corrected chi connectivity index (χ1v) is 18.4. The number of halogens is 2. The minimum atomic E-state index is -0.804. The van der Waals surface area contributed by atoms with E-state index in [1.165, 1.54) is 0 Å². The van der Waals surface area contributed by atoms with Crippen LogP contribution in [0.2, 0.25) is 0 Å². The predicted molar refractivity (Wildman–Crippen MR) is 215 cm³/mol. The summed E-state index contributed by atoms with van der Waals surface area (Å²) in [6.45, 7) is 13.5. The zero-order valence-electron chi connectivity index (χ0n) is 33.0. The summed E-state index contributed by atoms with van der Waals surface area (Å²) in [5.41, 5.74) is 21.5. The number of aliphatic hydroxyl groups excluding tert-OH is 2. The number of hydrogen-bond acceptors (Lipinski definition) is 13. The number of aliphatic hydroxyl groups is 2. The standard InChI is InChI=1S/C20H28FN5O2.C19H27FN6O2/c1-11(2)17(6-5-7-27)25-20-16(21)9-15(18(22)28)19(26-20)24-14-8-12(3)13(4)23-10-14;1-10-7-13(9-23-12(10)3)24-18-14(17(22)28)8-15(20)19(26-18)25-16(11(2)21)5-4-6-27/h8-11,17,27H,5-7H2,1-4H3,(H2,22,28)(H2,24,25,26);7-9,11,16,27H,4-6,21H2,1-3H3,(H2,22,28)(H2,24,25,26)/t17-;11-,16+/m10/s1. The molecule has 0 saturated carbocycles. The lowest BCUT2D eigenvalue weighted by atomic mass is 9.99. The number of aryl methyl sites for hydroxylation is 4. The van der Waals surface area contributed by atoms with Gasteiger partial charge in [0.25, 0.3) is 11.8 Å². The van der Waals surface area contributed by atoms with Crippen molar-refractivity contribution < 1.29 is 28.6 Å². The zero-order chi connectivity index (χ0) is 41.7. The fraction of sp³-hybridized carbons (Fsp3) is 0.436. The molecular formula is C39H55F2N11O4. The van der Waals surface area contributed by atoms with Crippen molar-refractivity contribution in [3.8, 4) is 0 Å². The van der Waals surface area contributed by atoms with Gasteiger partial charge in [0.15, 0.2) is 23.3 Å². The molecule has 0 fully saturated rings. The van der Waals surface area contributed by atoms with E-state index in [0.717, 1.165) is 34.6 Å². The van der Waals surface area contributed by atoms with E-state index in [1.807, 2.05) is 53.7 Å². The fourth-order valence-corrected chi connectivity index (χ4v) is 5.46. The van der Waals surface area contributed by atoms with Crippen LogP contribution >= 0.6 is 0 Å². The van der Waals surface area contributed by atoms with Gasteiger partial charge in [0.05, 0.1) is 34.9 Å². The maximum atomic E-state index is 14.6. The van der Waals surface area contributed by atoms with E-state index in [1.54, 1.807) is 19.3 Å². The normalized spacial score (nSPS) is 12.6. The van der Waals surface area contributed by atoms with Crippen LogP contribution in [-0.4, -0.2) is 73.3 Å². The third-order valence-corrected chi connectivity index (χ3v) is 9.12. The van der Waals surface area contributed by atoms with Gasteiger partial charge in [0.2, 0.25) is 0 Å². The topological polar surface area (TPSA) is 252 Å². The Morgan fingerprint density at radius 3 is 1.41 bits per heavy atom. The highest BCUT2D eigenvalue weighted by Gasteiger charge is 2.22. The molecule has 304 valence electrons. The number of hydrogen-bond donors (Lipinski definition) is 9. The number of pyridine rings is 4. The van der Waals surface area contributed by atoms with Crippen molar-refractivity contribution >= 4 is 46.5 Å². The van der Waals surface area contributed by atoms with Crippen LogP contribution in [-0.2, 0) is 0 Å². The van der Waals surface area contributed by atoms with Gasteiger partial charge in [-0.05, 0) is 102 Å². The Bertz CT molecular complexity index is 1820. The van der Waals surface area contributed by atoms with Crippen molar-refractivity contribution in [2.75, 3.05) is 34.5 Å². The third kappa shape index (κ3) is 12.8. The van der Waals surface area contributed by atoms with Gasteiger partial charge in [-0.15, -0.1) is 0 Å². The Morgan fingerprint density at radius 1 is 0.679 bits per heavy atom. The van der Waals surface area contributed by atoms with E-state index in [0.29, 0.717) is 37.1 Å². The van der Waals surface area contributed by atoms with Crippen LogP contribution in [0, 0.1) is 45.2 Å². The first-order chi connectivity index (χ1) is 26.4. The highest BCUT2D eigenvalue weighted by molar-refractivity contribution is 5.99. The molecule has 4 heterocycles. The lowest BCUT2D eigenvalue weighted by molar-refractivity contribution is 0.0992. The Morgan fingerprint density at radius 2 is 1.07 bits per heavy atom. The van der Waals surface area contributed by atoms with Crippen LogP contribution in [0.15, 0.2) is 36.7 Å². The summed E-state index contributed by atoms with van der Waals surface area (Å²) in [5, 5.41) is 30.2. The highest BCUT2D eigenvalue weighted by atomic mass is 19.1. The molecule has 2 amide bonds. The number of primary amides is 2. The molecule has 4 rings (SSSR count). The lowest BCUT2D eigenvalue weighted by Crippen LogP contribution is -2.38. The minimum absolute atomic E-state index is 0.00794. The molecule has 0 radical (unpaired) electrons. The molecule has 0 saturated heterocycles. The molecule has 12 N–H and O–H groups in total. The maximum absolute atomic E-state index is 14.6. The van der Waals surface area contributed by atoms with Gasteiger partial charge in [0, 0.05) is 42.7 Å². The molecule has 17 heteroatoms. The van der Waals surface area contributed by atoms with E-state index < -0.39 is 23.4 Å². The second-order valence-electron chi connectivity index (χ2n) is 14.0. The fourth-order valence-electron chi connectivity index (χ4n) is 5.46. The molecule has 0 aliphatic rings. The average molecular weight is 780 g/mol. The quantitative estimate of drug-likeness (QED) is 0.0626. The zero-order valence-corrected chi connectivity index (χ0v) is 33.0. The minimum Gasteiger partial charge on any atom is -0.396 e. The van der Waals surface area contributed by atoms with Crippen molar-refractivity contribution in [3.05, 3.63) is 81.9 Å². The second-order valence-corrected chi connectivity index (χ2v) is 14.0. The van der Waals surface area contributed by atoms with Gasteiger partial charge in [-0.1, -0.05) is 13.8 Å². The van der Waals surface area contributed by atoms with Crippen molar-refractivity contribution in [2.45, 2.75) is 92.3 Å². The molecule has 0 spiro atoms. The molecule has 4 aromatic heterocycles. The van der Waals surface area contributed by atoms with Crippen molar-refractivity contribution in [1.82, 2.24) is 19.9 Å². The van der Waals surface area contributed by atoms with E-state index in [-0.39, 0.29) is 71.7 Å². The largest absolute Gasteiger partial charge is 0.396 e. The van der Waals surface area contributed by atoms with Crippen molar-refractivity contribution in [1.29, 1.82) is 0 Å². The van der Waals surface area contributed by atoms with Crippen LogP contribution in [0.25, 0.3) is 0 Å². The van der Waals surface area contributed by atoms with Gasteiger partial charge in [-0.25, -0.2) is 18.7 Å². The van der Waals surface area contributed by atoms with Crippen LogP contribution < -0.4 is 38.5 Å². The molecule has 15 nitrogen and oxygen atoms in total. The number of nitrogens with two attached hydrogens (primary N) is 3. The molecule has 0 aliphatic carbocycles. The van der Waals surface area contributed by atoms with Crippen molar-refractivity contribution in [3.63, 3.8) is 0 Å². The lowest BCUT2D eigenvalue weighted by Gasteiger charge is -2.23. The summed E-state index contributed by atoms with van der Waals surface area (Å²) in [7, 11) is 0. The monoisotopic (exact) mass is 779 g/mol. The van der Waals surface area contributed by atoms with Crippen LogP contribution in [0.5, 0.6) is 0 Å². The molecule has 3 atom stereocenters. The number of nitrogens with one attached hydrogen (secondary N) is 4. The molecule has 0 unspecified atom stereocenters. The predicted octanol–water partition coefficient (Wildman–Crippen LogP) is 5.26. The molecule has 0 aromatic carbocycles. The molecule has 0 bridgehead atoms. The van der Waals surface area contributed by atoms with Gasteiger partial charge >= 0.3 is 0 Å². The first kappa shape index (κ1) is 44.9. The summed E-state index contributed by atoms with van der Waals surface area (Å²) in [4.78, 5) is 40.6. The van der Waals surface area contributed by atoms with Gasteiger partial charge in [0.1, 0.15) is 11.6 Å². The smallest absolute Gasteiger partial charge is 0.252 e. The number of amides is 2. The van der Waals surface area contributed by atoms with Gasteiger partial charge in [-0.2, -0.15) is 0 Å². The summed E-state index contributed by atoms with van der Waals surface area (Å²) >= 11 is 0. The summed E-state index contributed by atoms with van der Waals surface area (Å²) in [6, 6.07) is 5.15. The van der Waals surface area contributed by atoms with Crippen LogP contribution in [0.4, 0.5) is 43.4 Å². The third-order valence-electron chi connectivity index (χ3n) is 9.12. The Hall–Kier alpha value is -5.52. The molecule has 0 aliphatic heterocycles. The second kappa shape index (κ2) is 21.0. The van der Waals surface area contributed by atoms with E-state index in [9.17, 15) is 18.4 Å². The Labute approximate surface area is 326 Å². The highest BCUT2D eigenvalue weighted by Crippen LogP contribution is 2.27.